The molecule has 0 bridgehead atoms. The number of ether oxygens (including phenoxy) is 1. The number of hydrogen-bond acceptors (Lipinski definition) is 7. The van der Waals surface area contributed by atoms with Gasteiger partial charge in [-0.1, -0.05) is 0 Å². The number of rotatable bonds is 6. The van der Waals surface area contributed by atoms with Gasteiger partial charge >= 0.3 is 0 Å². The fourth-order valence-corrected chi connectivity index (χ4v) is 3.70. The van der Waals surface area contributed by atoms with Gasteiger partial charge in [0.05, 0.1) is 43.1 Å². The summed E-state index contributed by atoms with van der Waals surface area (Å²) in [5, 5.41) is 30.0. The second-order valence-corrected chi connectivity index (χ2v) is 6.71. The zero-order chi connectivity index (χ0) is 13.1. The Hall–Kier alpha value is -0.250. The first-order valence-electron chi connectivity index (χ1n) is 5.28. The van der Waals surface area contributed by atoms with Crippen LogP contribution in [0.1, 0.15) is 6.92 Å². The predicted octanol–water partition coefficient (Wildman–Crippen LogP) is -2.55. The Bertz CT molecular complexity index is 337. The number of aliphatic hydroxyl groups excluding tert-OH is 3. The lowest BCUT2D eigenvalue weighted by atomic mass is 10.1. The van der Waals surface area contributed by atoms with Crippen LogP contribution in [-0.2, 0) is 14.6 Å². The zero-order valence-electron chi connectivity index (χ0n) is 9.66. The van der Waals surface area contributed by atoms with Crippen molar-refractivity contribution in [1.29, 1.82) is 0 Å². The molecule has 0 saturated carbocycles. The first-order valence-corrected chi connectivity index (χ1v) is 7.10. The van der Waals surface area contributed by atoms with Crippen molar-refractivity contribution in [2.75, 3.05) is 31.5 Å². The van der Waals surface area contributed by atoms with Crippen LogP contribution in [0.5, 0.6) is 0 Å². The lowest BCUT2D eigenvalue weighted by Crippen LogP contribution is -2.47. The third-order valence-electron chi connectivity index (χ3n) is 2.62. The van der Waals surface area contributed by atoms with Gasteiger partial charge in [-0.2, -0.15) is 0 Å². The summed E-state index contributed by atoms with van der Waals surface area (Å²) in [6, 6.07) is 0. The molecule has 0 aromatic carbocycles. The largest absolute Gasteiger partial charge is 0.394 e. The molecule has 4 N–H and O–H groups in total. The normalized spacial score (nSPS) is 29.2. The minimum Gasteiger partial charge on any atom is -0.394 e. The SMILES string of the molecule is CC1(CS(=O)(=O)CC(O)C(O)CO)COCN1. The third-order valence-corrected chi connectivity index (χ3v) is 4.54. The summed E-state index contributed by atoms with van der Waals surface area (Å²) >= 11 is 0. The molecule has 0 amide bonds. The molecule has 1 saturated heterocycles. The molecular weight excluding hydrogens is 250 g/mol. The highest BCUT2D eigenvalue weighted by Crippen LogP contribution is 2.14. The van der Waals surface area contributed by atoms with Gasteiger partial charge in [0.2, 0.25) is 0 Å². The van der Waals surface area contributed by atoms with Crippen molar-refractivity contribution in [3.05, 3.63) is 0 Å². The molecule has 0 radical (unpaired) electrons. The molecule has 17 heavy (non-hydrogen) atoms. The van der Waals surface area contributed by atoms with E-state index in [1.165, 1.54) is 0 Å². The monoisotopic (exact) mass is 269 g/mol. The molecule has 0 aliphatic carbocycles. The summed E-state index contributed by atoms with van der Waals surface area (Å²) in [5.74, 6) is -0.763. The van der Waals surface area contributed by atoms with E-state index in [0.29, 0.717) is 6.73 Å². The Balaban J connectivity index is 2.57. The molecular formula is C9H19NO6S. The second-order valence-electron chi connectivity index (χ2n) is 4.60. The van der Waals surface area contributed by atoms with Crippen molar-refractivity contribution in [3.63, 3.8) is 0 Å². The maximum atomic E-state index is 11.8. The Morgan fingerprint density at radius 1 is 1.41 bits per heavy atom. The molecule has 1 fully saturated rings. The average molecular weight is 269 g/mol. The van der Waals surface area contributed by atoms with Gasteiger partial charge in [0.15, 0.2) is 9.84 Å². The number of hydrogen-bond donors (Lipinski definition) is 4. The van der Waals surface area contributed by atoms with Gasteiger partial charge in [-0.15, -0.1) is 0 Å². The summed E-state index contributed by atoms with van der Waals surface area (Å²) < 4.78 is 28.6. The van der Waals surface area contributed by atoms with E-state index in [2.05, 4.69) is 5.32 Å². The maximum absolute atomic E-state index is 11.8. The van der Waals surface area contributed by atoms with E-state index in [1.807, 2.05) is 0 Å². The summed E-state index contributed by atoms with van der Waals surface area (Å²) in [6.07, 6.45) is -2.92. The summed E-state index contributed by atoms with van der Waals surface area (Å²) in [6.45, 7) is 1.63. The van der Waals surface area contributed by atoms with Crippen LogP contribution in [0, 0.1) is 0 Å². The zero-order valence-corrected chi connectivity index (χ0v) is 10.5. The molecule has 1 heterocycles. The molecule has 102 valence electrons. The molecule has 0 aromatic rings. The van der Waals surface area contributed by atoms with Gasteiger partial charge < -0.3 is 20.1 Å². The van der Waals surface area contributed by atoms with E-state index >= 15 is 0 Å². The van der Waals surface area contributed by atoms with Gasteiger partial charge in [-0.3, -0.25) is 5.32 Å². The van der Waals surface area contributed by atoms with E-state index in [4.69, 9.17) is 14.9 Å². The lowest BCUT2D eigenvalue weighted by Gasteiger charge is -2.23. The van der Waals surface area contributed by atoms with E-state index in [9.17, 15) is 13.5 Å². The topological polar surface area (TPSA) is 116 Å². The Labute approximate surface area is 100 Å². The van der Waals surface area contributed by atoms with Crippen LogP contribution in [0.15, 0.2) is 0 Å². The first kappa shape index (κ1) is 14.8. The van der Waals surface area contributed by atoms with Crippen molar-refractivity contribution >= 4 is 9.84 Å². The van der Waals surface area contributed by atoms with Gasteiger partial charge in [0.1, 0.15) is 6.10 Å². The molecule has 0 aromatic heterocycles. The minimum atomic E-state index is -3.54. The third kappa shape index (κ3) is 4.49. The van der Waals surface area contributed by atoms with Crippen molar-refractivity contribution in [3.8, 4) is 0 Å². The predicted molar refractivity (Wildman–Crippen MR) is 60.1 cm³/mol. The van der Waals surface area contributed by atoms with Crippen LogP contribution < -0.4 is 5.32 Å². The van der Waals surface area contributed by atoms with Crippen LogP contribution >= 0.6 is 0 Å². The number of aliphatic hydroxyl groups is 3. The van der Waals surface area contributed by atoms with Gasteiger partial charge in [-0.25, -0.2) is 8.42 Å². The smallest absolute Gasteiger partial charge is 0.154 e. The van der Waals surface area contributed by atoms with Gasteiger partial charge in [0.25, 0.3) is 0 Å². The van der Waals surface area contributed by atoms with Gasteiger partial charge in [-0.05, 0) is 6.92 Å². The van der Waals surface area contributed by atoms with E-state index in [0.717, 1.165) is 0 Å². The molecule has 3 unspecified atom stereocenters. The Morgan fingerprint density at radius 3 is 2.53 bits per heavy atom. The molecule has 7 nitrogen and oxygen atoms in total. The molecule has 1 rings (SSSR count). The van der Waals surface area contributed by atoms with Crippen LogP contribution in [0.4, 0.5) is 0 Å². The molecule has 1 aliphatic heterocycles. The van der Waals surface area contributed by atoms with Gasteiger partial charge in [0, 0.05) is 0 Å². The van der Waals surface area contributed by atoms with Crippen molar-refractivity contribution < 1.29 is 28.5 Å². The van der Waals surface area contributed by atoms with Crippen molar-refractivity contribution in [2.24, 2.45) is 0 Å². The van der Waals surface area contributed by atoms with E-state index in [1.54, 1.807) is 6.92 Å². The fraction of sp³-hybridized carbons (Fsp3) is 1.00. The van der Waals surface area contributed by atoms with Crippen LogP contribution in [0.3, 0.4) is 0 Å². The van der Waals surface area contributed by atoms with Crippen LogP contribution in [0.25, 0.3) is 0 Å². The van der Waals surface area contributed by atoms with Crippen molar-refractivity contribution in [1.82, 2.24) is 5.32 Å². The number of nitrogens with one attached hydrogen (secondary N) is 1. The second kappa shape index (κ2) is 5.59. The summed E-state index contributed by atoms with van der Waals surface area (Å²) in [5.41, 5.74) is -0.664. The van der Waals surface area contributed by atoms with E-state index < -0.39 is 39.9 Å². The summed E-state index contributed by atoms with van der Waals surface area (Å²) in [7, 11) is -3.54. The molecule has 3 atom stereocenters. The molecule has 1 aliphatic rings. The highest BCUT2D eigenvalue weighted by atomic mass is 32.2. The Kier molecular flexibility index (Phi) is 4.87. The summed E-state index contributed by atoms with van der Waals surface area (Å²) in [4.78, 5) is 0. The first-order chi connectivity index (χ1) is 7.78. The molecule has 8 heteroatoms. The quantitative estimate of drug-likeness (QED) is 0.419. The van der Waals surface area contributed by atoms with E-state index in [-0.39, 0.29) is 12.4 Å². The highest BCUT2D eigenvalue weighted by Gasteiger charge is 2.35. The fourth-order valence-electron chi connectivity index (χ4n) is 1.68. The van der Waals surface area contributed by atoms with Crippen LogP contribution in [0.2, 0.25) is 0 Å². The highest BCUT2D eigenvalue weighted by molar-refractivity contribution is 7.91. The standard InChI is InChI=1S/C9H19NO6S/c1-9(4-16-6-10-9)5-17(14,15)3-8(13)7(12)2-11/h7-8,10-13H,2-6H2,1H3. The van der Waals surface area contributed by atoms with Crippen LogP contribution in [-0.4, -0.2) is 72.9 Å². The minimum absolute atomic E-state index is 0.185. The lowest BCUT2D eigenvalue weighted by molar-refractivity contribution is -0.00268. The maximum Gasteiger partial charge on any atom is 0.154 e. The molecule has 0 spiro atoms. The Morgan fingerprint density at radius 2 is 2.06 bits per heavy atom. The average Bonchev–Trinajstić information content (AvgIpc) is 2.61. The number of sulfone groups is 1. The van der Waals surface area contributed by atoms with Crippen molar-refractivity contribution in [2.45, 2.75) is 24.7 Å².